The highest BCUT2D eigenvalue weighted by atomic mass is 16.5. The van der Waals surface area contributed by atoms with Gasteiger partial charge in [-0.2, -0.15) is 5.10 Å². The molecule has 1 aromatic carbocycles. The molecular formula is C20H18N6O3. The van der Waals surface area contributed by atoms with Gasteiger partial charge in [-0.15, -0.1) is 0 Å². The Bertz CT molecular complexity index is 1160. The Hall–Kier alpha value is -4.01. The lowest BCUT2D eigenvalue weighted by atomic mass is 10.2. The van der Waals surface area contributed by atoms with Crippen molar-refractivity contribution in [1.29, 1.82) is 0 Å². The van der Waals surface area contributed by atoms with Crippen LogP contribution in [-0.2, 0) is 0 Å². The molecule has 1 amide bonds. The van der Waals surface area contributed by atoms with Gasteiger partial charge in [0.25, 0.3) is 5.91 Å². The summed E-state index contributed by atoms with van der Waals surface area (Å²) in [5.41, 5.74) is 2.88. The van der Waals surface area contributed by atoms with Crippen molar-refractivity contribution in [1.82, 2.24) is 24.9 Å². The second kappa shape index (κ2) is 7.55. The van der Waals surface area contributed by atoms with E-state index in [-0.39, 0.29) is 5.91 Å². The zero-order chi connectivity index (χ0) is 20.4. The molecule has 0 aliphatic rings. The molecule has 0 fully saturated rings. The van der Waals surface area contributed by atoms with Crippen molar-refractivity contribution in [3.63, 3.8) is 0 Å². The Morgan fingerprint density at radius 1 is 1.10 bits per heavy atom. The van der Waals surface area contributed by atoms with Crippen molar-refractivity contribution in [3.05, 3.63) is 71.6 Å². The summed E-state index contributed by atoms with van der Waals surface area (Å²) in [7, 11) is 0. The molecule has 0 saturated heterocycles. The lowest BCUT2D eigenvalue weighted by Crippen LogP contribution is -2.11. The zero-order valence-corrected chi connectivity index (χ0v) is 16.1. The number of ether oxygens (including phenoxy) is 1. The highest BCUT2D eigenvalue weighted by Gasteiger charge is 2.13. The van der Waals surface area contributed by atoms with Crippen LogP contribution in [0.1, 0.15) is 27.5 Å². The molecule has 4 aromatic rings. The van der Waals surface area contributed by atoms with Gasteiger partial charge in [0.2, 0.25) is 5.88 Å². The molecule has 0 atom stereocenters. The quantitative estimate of drug-likeness (QED) is 0.554. The Labute approximate surface area is 166 Å². The highest BCUT2D eigenvalue weighted by Crippen LogP contribution is 2.23. The van der Waals surface area contributed by atoms with Crippen LogP contribution >= 0.6 is 0 Å². The first kappa shape index (κ1) is 18.4. The van der Waals surface area contributed by atoms with Crippen molar-refractivity contribution in [2.45, 2.75) is 20.8 Å². The largest absolute Gasteiger partial charge is 0.439 e. The van der Waals surface area contributed by atoms with Gasteiger partial charge in [0.05, 0.1) is 11.9 Å². The normalized spacial score (nSPS) is 10.7. The minimum atomic E-state index is -0.289. The zero-order valence-electron chi connectivity index (χ0n) is 16.1. The minimum absolute atomic E-state index is 0.289. The monoisotopic (exact) mass is 390 g/mol. The number of aromatic nitrogens is 5. The van der Waals surface area contributed by atoms with E-state index in [9.17, 15) is 4.79 Å². The molecule has 0 saturated carbocycles. The van der Waals surface area contributed by atoms with Crippen LogP contribution in [-0.4, -0.2) is 30.8 Å². The SMILES string of the molecule is Cc1cc(C)n(-c2cc(Oc3ccc(NC(=O)c4cnoc4C)cc3)ncn2)n1. The number of benzene rings is 1. The molecule has 0 spiro atoms. The minimum Gasteiger partial charge on any atom is -0.439 e. The van der Waals surface area contributed by atoms with Crippen LogP contribution < -0.4 is 10.1 Å². The molecule has 0 bridgehead atoms. The fourth-order valence-corrected chi connectivity index (χ4v) is 2.80. The molecule has 1 N–H and O–H groups in total. The molecule has 3 heterocycles. The third-order valence-corrected chi connectivity index (χ3v) is 4.18. The van der Waals surface area contributed by atoms with E-state index in [0.717, 1.165) is 11.4 Å². The number of hydrogen-bond donors (Lipinski definition) is 1. The van der Waals surface area contributed by atoms with E-state index in [2.05, 4.69) is 25.5 Å². The van der Waals surface area contributed by atoms with Gasteiger partial charge in [-0.25, -0.2) is 14.6 Å². The lowest BCUT2D eigenvalue weighted by Gasteiger charge is -2.08. The molecule has 9 heteroatoms. The van der Waals surface area contributed by atoms with Gasteiger partial charge in [-0.3, -0.25) is 4.79 Å². The topological polar surface area (TPSA) is 108 Å². The first-order chi connectivity index (χ1) is 14.0. The van der Waals surface area contributed by atoms with Gasteiger partial charge in [0, 0.05) is 17.4 Å². The number of anilines is 1. The van der Waals surface area contributed by atoms with E-state index in [4.69, 9.17) is 9.26 Å². The van der Waals surface area contributed by atoms with Crippen LogP contribution in [0.5, 0.6) is 11.6 Å². The Balaban J connectivity index is 1.46. The standard InChI is InChI=1S/C20H18N6O3/c1-12-8-13(2)26(25-12)18-9-19(22-11-21-18)28-16-6-4-15(5-7-16)24-20(27)17-10-23-29-14(17)3/h4-11H,1-3H3,(H,24,27). The summed E-state index contributed by atoms with van der Waals surface area (Å²) < 4.78 is 12.4. The van der Waals surface area contributed by atoms with Crippen LogP contribution in [0.3, 0.4) is 0 Å². The Kier molecular flexibility index (Phi) is 4.78. The van der Waals surface area contributed by atoms with Crippen LogP contribution in [0.25, 0.3) is 5.82 Å². The Morgan fingerprint density at radius 3 is 2.55 bits per heavy atom. The third kappa shape index (κ3) is 3.98. The number of carbonyl (C=O) groups excluding carboxylic acids is 1. The molecule has 146 valence electrons. The number of nitrogens with zero attached hydrogens (tertiary/aromatic N) is 5. The highest BCUT2D eigenvalue weighted by molar-refractivity contribution is 6.04. The predicted molar refractivity (Wildman–Crippen MR) is 104 cm³/mol. The van der Waals surface area contributed by atoms with Crippen LogP contribution in [0.15, 0.2) is 53.4 Å². The third-order valence-electron chi connectivity index (χ3n) is 4.18. The second-order valence-corrected chi connectivity index (χ2v) is 6.43. The number of amides is 1. The average Bonchev–Trinajstić information content (AvgIpc) is 3.28. The number of carbonyl (C=O) groups is 1. The molecule has 0 aliphatic heterocycles. The van der Waals surface area contributed by atoms with Crippen molar-refractivity contribution >= 4 is 11.6 Å². The van der Waals surface area contributed by atoms with E-state index in [1.807, 2.05) is 19.9 Å². The fraction of sp³-hybridized carbons (Fsp3) is 0.150. The maximum absolute atomic E-state index is 12.2. The van der Waals surface area contributed by atoms with Crippen LogP contribution in [0.4, 0.5) is 5.69 Å². The van der Waals surface area contributed by atoms with E-state index in [1.165, 1.54) is 12.5 Å². The van der Waals surface area contributed by atoms with Crippen LogP contribution in [0.2, 0.25) is 0 Å². The summed E-state index contributed by atoms with van der Waals surface area (Å²) in [6, 6.07) is 10.6. The van der Waals surface area contributed by atoms with Gasteiger partial charge in [-0.1, -0.05) is 5.16 Å². The molecule has 0 aliphatic carbocycles. The summed E-state index contributed by atoms with van der Waals surface area (Å²) in [4.78, 5) is 20.6. The molecular weight excluding hydrogens is 372 g/mol. The molecule has 9 nitrogen and oxygen atoms in total. The summed E-state index contributed by atoms with van der Waals surface area (Å²) in [6.45, 7) is 5.56. The van der Waals surface area contributed by atoms with Gasteiger partial charge in [0.1, 0.15) is 23.4 Å². The van der Waals surface area contributed by atoms with E-state index >= 15 is 0 Å². The van der Waals surface area contributed by atoms with Gasteiger partial charge in [-0.05, 0) is 51.1 Å². The molecule has 3 aromatic heterocycles. The molecule has 4 rings (SSSR count). The maximum Gasteiger partial charge on any atom is 0.260 e. The second-order valence-electron chi connectivity index (χ2n) is 6.43. The van der Waals surface area contributed by atoms with Gasteiger partial charge < -0.3 is 14.6 Å². The lowest BCUT2D eigenvalue weighted by molar-refractivity contribution is 0.102. The molecule has 0 radical (unpaired) electrons. The molecule has 0 unspecified atom stereocenters. The first-order valence-corrected chi connectivity index (χ1v) is 8.86. The van der Waals surface area contributed by atoms with Crippen molar-refractivity contribution < 1.29 is 14.1 Å². The number of aryl methyl sites for hydroxylation is 3. The van der Waals surface area contributed by atoms with Crippen molar-refractivity contribution in [3.8, 4) is 17.4 Å². The fourth-order valence-electron chi connectivity index (χ4n) is 2.80. The van der Waals surface area contributed by atoms with Gasteiger partial charge in [0.15, 0.2) is 5.82 Å². The average molecular weight is 390 g/mol. The summed E-state index contributed by atoms with van der Waals surface area (Å²) in [5, 5.41) is 10.8. The van der Waals surface area contributed by atoms with Crippen molar-refractivity contribution in [2.24, 2.45) is 0 Å². The smallest absolute Gasteiger partial charge is 0.260 e. The molecule has 29 heavy (non-hydrogen) atoms. The predicted octanol–water partition coefficient (Wildman–Crippen LogP) is 3.62. The number of nitrogens with one attached hydrogen (secondary N) is 1. The maximum atomic E-state index is 12.2. The summed E-state index contributed by atoms with van der Waals surface area (Å²) in [6.07, 6.45) is 2.81. The van der Waals surface area contributed by atoms with E-state index in [0.29, 0.717) is 34.5 Å². The van der Waals surface area contributed by atoms with Crippen molar-refractivity contribution in [2.75, 3.05) is 5.32 Å². The van der Waals surface area contributed by atoms with Crippen LogP contribution in [0, 0.1) is 20.8 Å². The Morgan fingerprint density at radius 2 is 1.90 bits per heavy atom. The van der Waals surface area contributed by atoms with Gasteiger partial charge >= 0.3 is 0 Å². The van der Waals surface area contributed by atoms with E-state index in [1.54, 1.807) is 41.9 Å². The number of hydrogen-bond acceptors (Lipinski definition) is 7. The number of rotatable bonds is 5. The van der Waals surface area contributed by atoms with E-state index < -0.39 is 0 Å². The summed E-state index contributed by atoms with van der Waals surface area (Å²) >= 11 is 0. The summed E-state index contributed by atoms with van der Waals surface area (Å²) in [5.74, 6) is 1.75. The first-order valence-electron chi connectivity index (χ1n) is 8.86.